The number of carbonyl (C=O) groups is 3. The van der Waals surface area contributed by atoms with Gasteiger partial charge in [-0.2, -0.15) is 10.3 Å². The summed E-state index contributed by atoms with van der Waals surface area (Å²) >= 11 is 0. The van der Waals surface area contributed by atoms with Gasteiger partial charge < -0.3 is 20.9 Å². The van der Waals surface area contributed by atoms with Crippen LogP contribution in [-0.2, 0) is 29.1 Å². The predicted octanol–water partition coefficient (Wildman–Crippen LogP) is 3.50. The van der Waals surface area contributed by atoms with E-state index in [0.717, 1.165) is 27.5 Å². The van der Waals surface area contributed by atoms with Crippen molar-refractivity contribution in [1.29, 1.82) is 5.26 Å². The van der Waals surface area contributed by atoms with Gasteiger partial charge in [0, 0.05) is 25.2 Å². The van der Waals surface area contributed by atoms with E-state index in [4.69, 9.17) is 5.73 Å². The summed E-state index contributed by atoms with van der Waals surface area (Å²) in [7, 11) is 0. The summed E-state index contributed by atoms with van der Waals surface area (Å²) in [4.78, 5) is 44.6. The van der Waals surface area contributed by atoms with Crippen LogP contribution in [0.25, 0.3) is 10.8 Å². The highest BCUT2D eigenvalue weighted by Crippen LogP contribution is 2.31. The van der Waals surface area contributed by atoms with Crippen molar-refractivity contribution in [3.05, 3.63) is 114 Å². The van der Waals surface area contributed by atoms with Crippen LogP contribution in [0.15, 0.2) is 97.1 Å². The Morgan fingerprint density at radius 3 is 2.43 bits per heavy atom. The fourth-order valence-corrected chi connectivity index (χ4v) is 6.11. The predicted molar refractivity (Wildman–Crippen MR) is 166 cm³/mol. The van der Waals surface area contributed by atoms with Crippen LogP contribution in [0.2, 0.25) is 0 Å². The molecule has 10 heteroatoms. The van der Waals surface area contributed by atoms with Crippen LogP contribution in [0.1, 0.15) is 16.7 Å². The molecule has 0 saturated carbocycles. The van der Waals surface area contributed by atoms with Gasteiger partial charge in [-0.3, -0.25) is 9.59 Å². The molecule has 4 aromatic carbocycles. The summed E-state index contributed by atoms with van der Waals surface area (Å²) in [6.45, 7) is 0.406. The summed E-state index contributed by atoms with van der Waals surface area (Å²) in [6, 6.07) is 31.6. The van der Waals surface area contributed by atoms with E-state index in [1.54, 1.807) is 26.9 Å². The first kappa shape index (κ1) is 28.7. The molecule has 2 aliphatic heterocycles. The quantitative estimate of drug-likeness (QED) is 0.240. The minimum Gasteiger partial charge on any atom is -0.399 e. The zero-order valence-electron chi connectivity index (χ0n) is 24.2. The molecule has 2 heterocycles. The van der Waals surface area contributed by atoms with E-state index in [-0.39, 0.29) is 38.0 Å². The van der Waals surface area contributed by atoms with Gasteiger partial charge >= 0.3 is 6.03 Å². The molecule has 4 aromatic rings. The lowest BCUT2D eigenvalue weighted by Gasteiger charge is -2.46. The maximum absolute atomic E-state index is 14.2. The standard InChI is InChI=1S/C34H33N7O3/c35-17-18-39(34(44)37-20-25-7-2-1-3-8-25)40-23-32(42)41-30(19-24-13-15-28(36)16-14-24)33(43)38(22-31(40)41)21-27-11-6-10-26-9-4-5-12-29(26)27/h1-16,30-31H,18-23,36H2,(H,37,44)/t30-,31+/m0/s1. The van der Waals surface area contributed by atoms with Crippen molar-refractivity contribution in [2.75, 3.05) is 25.4 Å². The number of amides is 4. The van der Waals surface area contributed by atoms with Gasteiger partial charge in [-0.1, -0.05) is 84.9 Å². The van der Waals surface area contributed by atoms with Crippen LogP contribution in [0.3, 0.4) is 0 Å². The Morgan fingerprint density at radius 2 is 1.66 bits per heavy atom. The van der Waals surface area contributed by atoms with Crippen LogP contribution >= 0.6 is 0 Å². The van der Waals surface area contributed by atoms with Crippen LogP contribution in [0, 0.1) is 11.3 Å². The number of hydrazine groups is 1. The van der Waals surface area contributed by atoms with Gasteiger partial charge in [0.25, 0.3) is 0 Å². The molecule has 4 amide bonds. The van der Waals surface area contributed by atoms with E-state index in [1.165, 1.54) is 5.01 Å². The number of benzene rings is 4. The van der Waals surface area contributed by atoms with Crippen LogP contribution in [0.5, 0.6) is 0 Å². The molecule has 10 nitrogen and oxygen atoms in total. The van der Waals surface area contributed by atoms with Crippen molar-refractivity contribution in [2.45, 2.75) is 31.7 Å². The average Bonchev–Trinajstić information content (AvgIpc) is 3.37. The molecule has 44 heavy (non-hydrogen) atoms. The van der Waals surface area contributed by atoms with Gasteiger partial charge in [0.1, 0.15) is 18.8 Å². The topological polar surface area (TPSA) is 126 Å². The summed E-state index contributed by atoms with van der Waals surface area (Å²) in [6.07, 6.45) is -0.343. The number of carbonyl (C=O) groups excluding carboxylic acids is 3. The molecule has 6 rings (SSSR count). The van der Waals surface area contributed by atoms with E-state index < -0.39 is 18.2 Å². The summed E-state index contributed by atoms with van der Waals surface area (Å²) < 4.78 is 0. The lowest BCUT2D eigenvalue weighted by molar-refractivity contribution is -0.157. The van der Waals surface area contributed by atoms with E-state index in [1.807, 2.05) is 84.9 Å². The fourth-order valence-electron chi connectivity index (χ4n) is 6.11. The number of fused-ring (bicyclic) bond motifs is 2. The molecular weight excluding hydrogens is 554 g/mol. The third-order valence-corrected chi connectivity index (χ3v) is 8.27. The van der Waals surface area contributed by atoms with Crippen molar-refractivity contribution in [1.82, 2.24) is 25.1 Å². The number of hydrogen-bond donors (Lipinski definition) is 2. The highest BCUT2D eigenvalue weighted by atomic mass is 16.2. The van der Waals surface area contributed by atoms with Crippen molar-refractivity contribution in [3.8, 4) is 6.07 Å². The second-order valence-corrected chi connectivity index (χ2v) is 11.1. The summed E-state index contributed by atoms with van der Waals surface area (Å²) in [5, 5.41) is 17.6. The first-order valence-electron chi connectivity index (χ1n) is 14.6. The molecule has 2 saturated heterocycles. The smallest absolute Gasteiger partial charge is 0.333 e. The van der Waals surface area contributed by atoms with Crippen LogP contribution in [-0.4, -0.2) is 69.5 Å². The zero-order valence-corrected chi connectivity index (χ0v) is 24.2. The van der Waals surface area contributed by atoms with E-state index in [0.29, 0.717) is 18.7 Å². The van der Waals surface area contributed by atoms with Gasteiger partial charge in [-0.25, -0.2) is 9.80 Å². The molecule has 0 aromatic heterocycles. The lowest BCUT2D eigenvalue weighted by Crippen LogP contribution is -2.66. The van der Waals surface area contributed by atoms with Crippen molar-refractivity contribution >= 4 is 34.3 Å². The molecule has 0 spiro atoms. The molecule has 2 atom stereocenters. The number of rotatable bonds is 8. The van der Waals surface area contributed by atoms with Gasteiger partial charge in [0.05, 0.1) is 19.2 Å². The van der Waals surface area contributed by atoms with Crippen molar-refractivity contribution in [3.63, 3.8) is 0 Å². The lowest BCUT2D eigenvalue weighted by atomic mass is 9.99. The molecule has 0 aliphatic carbocycles. The minimum atomic E-state index is -0.791. The Labute approximate surface area is 255 Å². The zero-order chi connectivity index (χ0) is 30.6. The van der Waals surface area contributed by atoms with E-state index >= 15 is 0 Å². The third kappa shape index (κ3) is 5.78. The Balaban J connectivity index is 1.32. The number of hydrogen-bond acceptors (Lipinski definition) is 6. The van der Waals surface area contributed by atoms with E-state index in [9.17, 15) is 19.6 Å². The summed E-state index contributed by atoms with van der Waals surface area (Å²) in [5.74, 6) is -0.436. The Bertz CT molecular complexity index is 1720. The van der Waals surface area contributed by atoms with E-state index in [2.05, 4.69) is 11.4 Å². The first-order chi connectivity index (χ1) is 21.4. The monoisotopic (exact) mass is 587 g/mol. The van der Waals surface area contributed by atoms with Crippen molar-refractivity contribution in [2.24, 2.45) is 0 Å². The fraction of sp³-hybridized carbons (Fsp3) is 0.235. The van der Waals surface area contributed by atoms with Crippen molar-refractivity contribution < 1.29 is 14.4 Å². The molecule has 3 N–H and O–H groups in total. The van der Waals surface area contributed by atoms with Crippen LogP contribution < -0.4 is 11.1 Å². The number of piperazine rings is 1. The molecule has 2 fully saturated rings. The number of nitriles is 1. The van der Waals surface area contributed by atoms with Gasteiger partial charge in [-0.15, -0.1) is 0 Å². The van der Waals surface area contributed by atoms with Crippen LogP contribution in [0.4, 0.5) is 10.5 Å². The molecule has 0 unspecified atom stereocenters. The number of nitrogens with one attached hydrogen (secondary N) is 1. The number of nitrogens with two attached hydrogens (primary N) is 1. The highest BCUT2D eigenvalue weighted by Gasteiger charge is 2.52. The van der Waals surface area contributed by atoms with Gasteiger partial charge in [-0.05, 0) is 39.6 Å². The molecule has 0 radical (unpaired) electrons. The Morgan fingerprint density at radius 1 is 0.932 bits per heavy atom. The molecule has 2 aliphatic rings. The first-order valence-corrected chi connectivity index (χ1v) is 14.6. The molecule has 0 bridgehead atoms. The second kappa shape index (κ2) is 12.5. The molecule has 222 valence electrons. The SMILES string of the molecule is N#CCN(C(=O)NCc1ccccc1)N1CC(=O)N2[C@@H](Cc3ccc(N)cc3)C(=O)N(Cc3cccc4ccccc34)C[C@@H]21. The van der Waals surface area contributed by atoms with Gasteiger partial charge in [0.2, 0.25) is 11.8 Å². The summed E-state index contributed by atoms with van der Waals surface area (Å²) in [5.41, 5.74) is 9.27. The number of nitrogens with zero attached hydrogens (tertiary/aromatic N) is 5. The Kier molecular flexibility index (Phi) is 8.12. The number of nitrogen functional groups attached to an aromatic ring is 1. The number of anilines is 1. The highest BCUT2D eigenvalue weighted by molar-refractivity contribution is 5.92. The average molecular weight is 588 g/mol. The maximum atomic E-state index is 14.2. The largest absolute Gasteiger partial charge is 0.399 e. The normalized spacial score (nSPS) is 18.2. The minimum absolute atomic E-state index is 0.126. The Hall–Kier alpha value is -5.40. The third-order valence-electron chi connectivity index (χ3n) is 8.27. The second-order valence-electron chi connectivity index (χ2n) is 11.1. The molecular formula is C34H33N7O3. The maximum Gasteiger partial charge on any atom is 0.333 e. The van der Waals surface area contributed by atoms with Gasteiger partial charge in [0.15, 0.2) is 0 Å². The number of urea groups is 1.